The number of fused-ring (bicyclic) bond motifs is 3. The second-order valence-electron chi connectivity index (χ2n) is 9.27. The smallest absolute Gasteiger partial charge is 0.308 e. The largest absolute Gasteiger partial charge is 0.416 e. The van der Waals surface area contributed by atoms with E-state index in [0.29, 0.717) is 18.0 Å². The predicted octanol–water partition coefficient (Wildman–Crippen LogP) is 6.09. The van der Waals surface area contributed by atoms with E-state index >= 15 is 0 Å². The van der Waals surface area contributed by atoms with Gasteiger partial charge >= 0.3 is 6.18 Å². The van der Waals surface area contributed by atoms with E-state index < -0.39 is 11.7 Å². The fourth-order valence-electron chi connectivity index (χ4n) is 5.79. The number of nitrogens with zero attached hydrogens (tertiary/aromatic N) is 1. The van der Waals surface area contributed by atoms with Crippen LogP contribution < -0.4 is 5.32 Å². The number of halogens is 3. The van der Waals surface area contributed by atoms with Crippen molar-refractivity contribution in [3.63, 3.8) is 0 Å². The average Bonchev–Trinajstić information content (AvgIpc) is 2.85. The number of hydrogen-bond donors (Lipinski definition) is 1. The molecule has 0 amide bonds. The number of nitrogens with one attached hydrogen (secondary N) is 1. The number of benzene rings is 3. The zero-order chi connectivity index (χ0) is 22.8. The quantitative estimate of drug-likeness (QED) is 0.489. The lowest BCUT2D eigenvalue weighted by Gasteiger charge is -2.54. The highest BCUT2D eigenvalue weighted by molar-refractivity contribution is 5.36. The first-order chi connectivity index (χ1) is 16.0. The molecular formula is C28H29F3N2. The molecule has 6 rings (SSSR count). The Hall–Kier alpha value is -2.63. The highest BCUT2D eigenvalue weighted by atomic mass is 19.4. The first-order valence-electron chi connectivity index (χ1n) is 11.7. The van der Waals surface area contributed by atoms with Gasteiger partial charge in [-0.2, -0.15) is 13.2 Å². The van der Waals surface area contributed by atoms with Gasteiger partial charge in [-0.05, 0) is 54.6 Å². The lowest BCUT2D eigenvalue weighted by molar-refractivity contribution is -0.137. The van der Waals surface area contributed by atoms with Crippen LogP contribution in [0, 0.1) is 5.92 Å². The van der Waals surface area contributed by atoms with Crippen molar-refractivity contribution in [2.24, 2.45) is 5.92 Å². The molecule has 2 bridgehead atoms. The number of hydrogen-bond acceptors (Lipinski definition) is 2. The molecule has 3 heterocycles. The molecule has 0 aromatic heterocycles. The monoisotopic (exact) mass is 450 g/mol. The van der Waals surface area contributed by atoms with Crippen molar-refractivity contribution in [2.75, 3.05) is 13.1 Å². The third-order valence-electron chi connectivity index (χ3n) is 7.33. The van der Waals surface area contributed by atoms with Crippen LogP contribution in [-0.2, 0) is 12.7 Å². The molecule has 2 nitrogen and oxygen atoms in total. The number of alkyl halides is 3. The van der Waals surface area contributed by atoms with Gasteiger partial charge in [-0.25, -0.2) is 0 Å². The molecule has 0 saturated carbocycles. The van der Waals surface area contributed by atoms with Crippen molar-refractivity contribution in [3.05, 3.63) is 107 Å². The van der Waals surface area contributed by atoms with E-state index in [1.807, 2.05) is 12.1 Å². The highest BCUT2D eigenvalue weighted by Gasteiger charge is 2.46. The molecule has 3 aliphatic rings. The topological polar surface area (TPSA) is 15.3 Å². The summed E-state index contributed by atoms with van der Waals surface area (Å²) < 4.78 is 39.6. The Morgan fingerprint density at radius 1 is 0.818 bits per heavy atom. The van der Waals surface area contributed by atoms with Crippen LogP contribution in [0.5, 0.6) is 0 Å². The Labute approximate surface area is 193 Å². The van der Waals surface area contributed by atoms with E-state index in [2.05, 4.69) is 58.7 Å². The van der Waals surface area contributed by atoms with Crippen LogP contribution in [0.2, 0.25) is 0 Å². The summed E-state index contributed by atoms with van der Waals surface area (Å²) in [6.45, 7) is 2.59. The Kier molecular flexibility index (Phi) is 6.26. The molecule has 3 aliphatic heterocycles. The third kappa shape index (κ3) is 4.71. The summed E-state index contributed by atoms with van der Waals surface area (Å²) in [6.07, 6.45) is -2.06. The second-order valence-corrected chi connectivity index (χ2v) is 9.27. The third-order valence-corrected chi connectivity index (χ3v) is 7.33. The summed E-state index contributed by atoms with van der Waals surface area (Å²) in [6, 6.07) is 27.4. The van der Waals surface area contributed by atoms with E-state index in [-0.39, 0.29) is 18.0 Å². The summed E-state index contributed by atoms with van der Waals surface area (Å²) in [5, 5.41) is 3.71. The predicted molar refractivity (Wildman–Crippen MR) is 125 cm³/mol. The Morgan fingerprint density at radius 3 is 2.00 bits per heavy atom. The van der Waals surface area contributed by atoms with Crippen LogP contribution in [0.4, 0.5) is 13.2 Å². The fourth-order valence-corrected chi connectivity index (χ4v) is 5.79. The summed E-state index contributed by atoms with van der Waals surface area (Å²) >= 11 is 0. The maximum atomic E-state index is 13.2. The molecule has 172 valence electrons. The summed E-state index contributed by atoms with van der Waals surface area (Å²) in [4.78, 5) is 2.59. The molecule has 3 aromatic rings. The van der Waals surface area contributed by atoms with Gasteiger partial charge in [0.15, 0.2) is 0 Å². The van der Waals surface area contributed by atoms with Crippen molar-refractivity contribution < 1.29 is 13.2 Å². The van der Waals surface area contributed by atoms with Gasteiger partial charge in [0, 0.05) is 24.5 Å². The highest BCUT2D eigenvalue weighted by Crippen LogP contribution is 2.42. The van der Waals surface area contributed by atoms with Crippen LogP contribution >= 0.6 is 0 Å². The molecule has 5 heteroatoms. The normalized spacial score (nSPS) is 24.8. The van der Waals surface area contributed by atoms with Gasteiger partial charge in [0.25, 0.3) is 0 Å². The minimum Gasteiger partial charge on any atom is -0.308 e. The second kappa shape index (κ2) is 9.32. The van der Waals surface area contributed by atoms with Crippen molar-refractivity contribution in [1.82, 2.24) is 10.2 Å². The first kappa shape index (κ1) is 22.2. The molecule has 3 saturated heterocycles. The zero-order valence-corrected chi connectivity index (χ0v) is 18.5. The molecule has 0 unspecified atom stereocenters. The van der Waals surface area contributed by atoms with Gasteiger partial charge in [0.1, 0.15) is 0 Å². The van der Waals surface area contributed by atoms with E-state index in [1.165, 1.54) is 23.3 Å². The van der Waals surface area contributed by atoms with Gasteiger partial charge < -0.3 is 5.32 Å². The maximum Gasteiger partial charge on any atom is 0.416 e. The van der Waals surface area contributed by atoms with Crippen molar-refractivity contribution in [2.45, 2.75) is 43.6 Å². The van der Waals surface area contributed by atoms with Gasteiger partial charge in [-0.3, -0.25) is 4.90 Å². The molecule has 0 aliphatic carbocycles. The molecule has 3 fully saturated rings. The number of piperidine rings is 3. The molecule has 33 heavy (non-hydrogen) atoms. The lowest BCUT2D eigenvalue weighted by atomic mass is 9.70. The maximum absolute atomic E-state index is 13.2. The van der Waals surface area contributed by atoms with E-state index in [1.54, 1.807) is 6.07 Å². The Balaban J connectivity index is 1.46. The van der Waals surface area contributed by atoms with Gasteiger partial charge in [-0.15, -0.1) is 0 Å². The Morgan fingerprint density at radius 2 is 1.42 bits per heavy atom. The summed E-state index contributed by atoms with van der Waals surface area (Å²) in [5.41, 5.74) is 2.66. The van der Waals surface area contributed by atoms with E-state index in [0.717, 1.165) is 32.0 Å². The van der Waals surface area contributed by atoms with Gasteiger partial charge in [0.05, 0.1) is 5.56 Å². The zero-order valence-electron chi connectivity index (χ0n) is 18.5. The van der Waals surface area contributed by atoms with Gasteiger partial charge in [-0.1, -0.05) is 78.9 Å². The van der Waals surface area contributed by atoms with Crippen molar-refractivity contribution in [1.29, 1.82) is 0 Å². The molecule has 0 spiro atoms. The minimum absolute atomic E-state index is 0.203. The van der Waals surface area contributed by atoms with Crippen LogP contribution in [0.1, 0.15) is 41.0 Å². The SMILES string of the molecule is FC(F)(F)c1cccc(CN[C@@H]2C3CCN(CC3)[C@H]2C(c2ccccc2)c2ccccc2)c1. The van der Waals surface area contributed by atoms with Crippen LogP contribution in [0.25, 0.3) is 0 Å². The minimum atomic E-state index is -4.32. The standard InChI is InChI=1S/C28H29F3N2/c29-28(30,31)24-13-7-8-20(18-24)19-32-26-23-14-16-33(17-15-23)27(26)25(21-9-3-1-4-10-21)22-11-5-2-6-12-22/h1-13,18,23,25-27,32H,14-17,19H2/t26-,27+/m1/s1. The molecule has 3 aromatic carbocycles. The summed E-state index contributed by atoms with van der Waals surface area (Å²) in [7, 11) is 0. The van der Waals surface area contributed by atoms with Crippen LogP contribution in [0.15, 0.2) is 84.9 Å². The lowest BCUT2D eigenvalue weighted by Crippen LogP contribution is -2.64. The van der Waals surface area contributed by atoms with Gasteiger partial charge in [0.2, 0.25) is 0 Å². The van der Waals surface area contributed by atoms with Crippen molar-refractivity contribution in [3.8, 4) is 0 Å². The molecular weight excluding hydrogens is 421 g/mol. The Bertz CT molecular complexity index is 1000. The number of rotatable bonds is 6. The fraction of sp³-hybridized carbons (Fsp3) is 0.357. The van der Waals surface area contributed by atoms with E-state index in [4.69, 9.17) is 0 Å². The van der Waals surface area contributed by atoms with Crippen molar-refractivity contribution >= 4 is 0 Å². The molecule has 1 N–H and O–H groups in total. The molecule has 2 atom stereocenters. The molecule has 0 radical (unpaired) electrons. The summed E-state index contributed by atoms with van der Waals surface area (Å²) in [5.74, 6) is 0.732. The van der Waals surface area contributed by atoms with Crippen LogP contribution in [0.3, 0.4) is 0 Å². The van der Waals surface area contributed by atoms with Crippen LogP contribution in [-0.4, -0.2) is 30.1 Å². The average molecular weight is 451 g/mol. The first-order valence-corrected chi connectivity index (χ1v) is 11.7. The van der Waals surface area contributed by atoms with E-state index in [9.17, 15) is 13.2 Å².